The van der Waals surface area contributed by atoms with Gasteiger partial charge in [-0.2, -0.15) is 0 Å². The van der Waals surface area contributed by atoms with Gasteiger partial charge in [-0.1, -0.05) is 12.5 Å². The first-order valence-electron chi connectivity index (χ1n) is 6.46. The van der Waals surface area contributed by atoms with Crippen molar-refractivity contribution in [1.29, 1.82) is 0 Å². The summed E-state index contributed by atoms with van der Waals surface area (Å²) >= 11 is 5.59. The molecule has 0 radical (unpaired) electrons. The maximum absolute atomic E-state index is 12.0. The number of alkyl halides is 1. The van der Waals surface area contributed by atoms with Crippen molar-refractivity contribution in [3.8, 4) is 0 Å². The van der Waals surface area contributed by atoms with Crippen molar-refractivity contribution in [1.82, 2.24) is 9.29 Å². The van der Waals surface area contributed by atoms with Crippen molar-refractivity contribution in [3.05, 3.63) is 30.1 Å². The van der Waals surface area contributed by atoms with Gasteiger partial charge < -0.3 is 0 Å². The fraction of sp³-hybridized carbons (Fsp3) is 0.615. The van der Waals surface area contributed by atoms with E-state index in [9.17, 15) is 8.42 Å². The monoisotopic (exact) mass is 304 g/mol. The molecule has 108 valence electrons. The highest BCUT2D eigenvalue weighted by Crippen LogP contribution is 2.06. The van der Waals surface area contributed by atoms with E-state index in [1.807, 2.05) is 18.2 Å². The van der Waals surface area contributed by atoms with Crippen LogP contribution in [0.15, 0.2) is 24.4 Å². The van der Waals surface area contributed by atoms with E-state index in [0.29, 0.717) is 18.8 Å². The molecule has 0 saturated heterocycles. The third-order valence-corrected chi connectivity index (χ3v) is 5.04. The predicted octanol–water partition coefficient (Wildman–Crippen LogP) is 2.29. The van der Waals surface area contributed by atoms with Crippen LogP contribution in [0.1, 0.15) is 25.0 Å². The minimum atomic E-state index is -3.19. The van der Waals surface area contributed by atoms with Crippen molar-refractivity contribution in [2.75, 3.05) is 25.2 Å². The molecule has 0 N–H and O–H groups in total. The molecule has 1 heterocycles. The number of hydrogen-bond acceptors (Lipinski definition) is 3. The number of pyridine rings is 1. The molecule has 19 heavy (non-hydrogen) atoms. The average molecular weight is 305 g/mol. The number of nitrogens with zero attached hydrogens (tertiary/aromatic N) is 2. The van der Waals surface area contributed by atoms with Gasteiger partial charge in [0, 0.05) is 37.8 Å². The highest BCUT2D eigenvalue weighted by Gasteiger charge is 2.17. The van der Waals surface area contributed by atoms with Gasteiger partial charge in [0.1, 0.15) is 0 Å². The maximum Gasteiger partial charge on any atom is 0.214 e. The zero-order valence-corrected chi connectivity index (χ0v) is 12.8. The zero-order chi connectivity index (χ0) is 14.1. The number of rotatable bonds is 9. The summed E-state index contributed by atoms with van der Waals surface area (Å²) in [4.78, 5) is 4.13. The molecule has 0 unspecified atom stereocenters. The minimum absolute atomic E-state index is 0.107. The van der Waals surface area contributed by atoms with E-state index >= 15 is 0 Å². The summed E-state index contributed by atoms with van der Waals surface area (Å²) in [7, 11) is -1.55. The van der Waals surface area contributed by atoms with Crippen molar-refractivity contribution in [2.45, 2.75) is 25.7 Å². The van der Waals surface area contributed by atoms with E-state index in [2.05, 4.69) is 4.98 Å². The van der Waals surface area contributed by atoms with Crippen LogP contribution in [0.4, 0.5) is 0 Å². The molecule has 6 heteroatoms. The van der Waals surface area contributed by atoms with Crippen LogP contribution in [0.25, 0.3) is 0 Å². The summed E-state index contributed by atoms with van der Waals surface area (Å²) < 4.78 is 25.5. The number of sulfonamides is 1. The van der Waals surface area contributed by atoms with Crippen molar-refractivity contribution in [3.63, 3.8) is 0 Å². The second kappa shape index (κ2) is 8.51. The van der Waals surface area contributed by atoms with Gasteiger partial charge in [0.15, 0.2) is 0 Å². The molecular formula is C13H21ClN2O2S. The minimum Gasteiger partial charge on any atom is -0.261 e. The third kappa shape index (κ3) is 6.36. The van der Waals surface area contributed by atoms with Gasteiger partial charge in [-0.25, -0.2) is 12.7 Å². The molecule has 0 aliphatic heterocycles. The van der Waals surface area contributed by atoms with Crippen LogP contribution in [0.5, 0.6) is 0 Å². The lowest BCUT2D eigenvalue weighted by atomic mass is 10.2. The van der Waals surface area contributed by atoms with Crippen LogP contribution in [0.3, 0.4) is 0 Å². The second-order valence-electron chi connectivity index (χ2n) is 4.46. The van der Waals surface area contributed by atoms with Gasteiger partial charge in [0.05, 0.1) is 5.75 Å². The number of unbranched alkanes of at least 4 members (excludes halogenated alkanes) is 2. The lowest BCUT2D eigenvalue weighted by Crippen LogP contribution is -2.31. The van der Waals surface area contributed by atoms with Gasteiger partial charge in [0.25, 0.3) is 0 Å². The quantitative estimate of drug-likeness (QED) is 0.519. The molecule has 1 aromatic rings. The Balaban J connectivity index is 2.38. The molecule has 0 bridgehead atoms. The summed E-state index contributed by atoms with van der Waals surface area (Å²) in [5.41, 5.74) is 0.807. The van der Waals surface area contributed by atoms with Crippen LogP contribution in [0, 0.1) is 0 Å². The standard InChI is InChI=1S/C13H21ClN2O2S/c1-16(11-6-2-4-9-14)19(17,18)12-8-13-7-3-5-10-15-13/h3,5,7,10H,2,4,6,8-9,11-12H2,1H3. The largest absolute Gasteiger partial charge is 0.261 e. The van der Waals surface area contributed by atoms with Crippen LogP contribution >= 0.6 is 11.6 Å². The first kappa shape index (κ1) is 16.4. The fourth-order valence-electron chi connectivity index (χ4n) is 1.68. The summed E-state index contributed by atoms with van der Waals surface area (Å²) in [5, 5.41) is 0. The summed E-state index contributed by atoms with van der Waals surface area (Å²) in [5.74, 6) is 0.742. The van der Waals surface area contributed by atoms with Crippen LogP contribution in [0.2, 0.25) is 0 Å². The normalized spacial score (nSPS) is 11.9. The molecule has 0 spiro atoms. The molecule has 0 amide bonds. The molecule has 0 fully saturated rings. The Bertz CT molecular complexity index is 451. The molecule has 0 saturated carbocycles. The Morgan fingerprint density at radius 3 is 2.68 bits per heavy atom. The summed E-state index contributed by atoms with van der Waals surface area (Å²) in [6, 6.07) is 5.53. The Morgan fingerprint density at radius 2 is 2.05 bits per heavy atom. The average Bonchev–Trinajstić information content (AvgIpc) is 2.42. The van der Waals surface area contributed by atoms with Crippen molar-refractivity contribution in [2.24, 2.45) is 0 Å². The zero-order valence-electron chi connectivity index (χ0n) is 11.3. The van der Waals surface area contributed by atoms with E-state index in [-0.39, 0.29) is 5.75 Å². The number of hydrogen-bond donors (Lipinski definition) is 0. The molecular weight excluding hydrogens is 284 g/mol. The Labute approximate surface area is 120 Å². The van der Waals surface area contributed by atoms with Gasteiger partial charge in [-0.3, -0.25) is 4.98 Å². The summed E-state index contributed by atoms with van der Waals surface area (Å²) in [6.07, 6.45) is 4.88. The summed E-state index contributed by atoms with van der Waals surface area (Å²) in [6.45, 7) is 0.557. The lowest BCUT2D eigenvalue weighted by molar-refractivity contribution is 0.454. The van der Waals surface area contributed by atoms with Gasteiger partial charge >= 0.3 is 0 Å². The number of aryl methyl sites for hydroxylation is 1. The Kier molecular flexibility index (Phi) is 7.34. The fourth-order valence-corrected chi connectivity index (χ4v) is 3.06. The number of halogens is 1. The molecule has 0 atom stereocenters. The van der Waals surface area contributed by atoms with E-state index in [1.54, 1.807) is 13.2 Å². The van der Waals surface area contributed by atoms with Crippen LogP contribution < -0.4 is 0 Å². The highest BCUT2D eigenvalue weighted by atomic mass is 35.5. The van der Waals surface area contributed by atoms with Gasteiger partial charge in [-0.05, 0) is 25.0 Å². The maximum atomic E-state index is 12.0. The first-order valence-corrected chi connectivity index (χ1v) is 8.60. The van der Waals surface area contributed by atoms with E-state index in [4.69, 9.17) is 11.6 Å². The predicted molar refractivity (Wildman–Crippen MR) is 78.9 cm³/mol. The van der Waals surface area contributed by atoms with Crippen LogP contribution in [-0.4, -0.2) is 42.9 Å². The molecule has 4 nitrogen and oxygen atoms in total. The first-order chi connectivity index (χ1) is 9.06. The Hall–Kier alpha value is -0.650. The smallest absolute Gasteiger partial charge is 0.214 e. The van der Waals surface area contributed by atoms with Crippen molar-refractivity contribution < 1.29 is 8.42 Å². The Morgan fingerprint density at radius 1 is 1.26 bits per heavy atom. The van der Waals surface area contributed by atoms with Crippen LogP contribution in [-0.2, 0) is 16.4 Å². The van der Waals surface area contributed by atoms with Gasteiger partial charge in [-0.15, -0.1) is 11.6 Å². The topological polar surface area (TPSA) is 50.3 Å². The van der Waals surface area contributed by atoms with Crippen molar-refractivity contribution >= 4 is 21.6 Å². The SMILES string of the molecule is CN(CCCCCCl)S(=O)(=O)CCc1ccccn1. The molecule has 1 aromatic heterocycles. The van der Waals surface area contributed by atoms with E-state index < -0.39 is 10.0 Å². The van der Waals surface area contributed by atoms with E-state index in [1.165, 1.54) is 4.31 Å². The molecule has 1 rings (SSSR count). The van der Waals surface area contributed by atoms with Gasteiger partial charge in [0.2, 0.25) is 10.0 Å². The highest BCUT2D eigenvalue weighted by molar-refractivity contribution is 7.89. The second-order valence-corrected chi connectivity index (χ2v) is 7.03. The molecule has 0 aliphatic carbocycles. The number of aromatic nitrogens is 1. The van der Waals surface area contributed by atoms with E-state index in [0.717, 1.165) is 25.0 Å². The molecule has 0 aromatic carbocycles. The lowest BCUT2D eigenvalue weighted by Gasteiger charge is -2.16. The molecule has 0 aliphatic rings. The third-order valence-electron chi connectivity index (χ3n) is 2.92.